The molecule has 3 heteroatoms. The maximum Gasteiger partial charge on any atom is 0.0950 e. The summed E-state index contributed by atoms with van der Waals surface area (Å²) < 4.78 is 1.84. The van der Waals surface area contributed by atoms with Gasteiger partial charge >= 0.3 is 0 Å². The molecule has 0 unspecified atom stereocenters. The molecule has 2 aromatic carbocycles. The van der Waals surface area contributed by atoms with Gasteiger partial charge in [-0.15, -0.1) is 0 Å². The van der Waals surface area contributed by atoms with E-state index in [-0.39, 0.29) is 0 Å². The largest absolute Gasteiger partial charge is 0.277 e. The summed E-state index contributed by atoms with van der Waals surface area (Å²) in [4.78, 5) is 0. The summed E-state index contributed by atoms with van der Waals surface area (Å²) in [6.07, 6.45) is 0. The van der Waals surface area contributed by atoms with Gasteiger partial charge in [0.05, 0.1) is 16.7 Å². The lowest BCUT2D eigenvalue weighted by molar-refractivity contribution is 0.838. The predicted octanol–water partition coefficient (Wildman–Crippen LogP) is 3.48. The third kappa shape index (κ3) is 1.27. The maximum absolute atomic E-state index is 4.58. The van der Waals surface area contributed by atoms with Gasteiger partial charge < -0.3 is 0 Å². The number of H-pyrrole nitrogens is 1. The van der Waals surface area contributed by atoms with E-state index < -0.39 is 0 Å². The van der Waals surface area contributed by atoms with Crippen LogP contribution in [0.4, 0.5) is 0 Å². The quantitative estimate of drug-likeness (QED) is 0.536. The molecule has 0 aliphatic rings. The van der Waals surface area contributed by atoms with Crippen molar-refractivity contribution in [2.45, 2.75) is 0 Å². The molecule has 0 saturated heterocycles. The van der Waals surface area contributed by atoms with Gasteiger partial charge in [0.25, 0.3) is 0 Å². The minimum Gasteiger partial charge on any atom is -0.277 e. The molecule has 0 saturated carbocycles. The first-order valence-corrected chi connectivity index (χ1v) is 5.94. The van der Waals surface area contributed by atoms with Crippen molar-refractivity contribution in [1.29, 1.82) is 0 Å². The molecule has 1 N–H and O–H groups in total. The minimum atomic E-state index is 0.993. The van der Waals surface area contributed by atoms with E-state index in [0.29, 0.717) is 0 Å². The van der Waals surface area contributed by atoms with Gasteiger partial charge in [-0.3, -0.25) is 5.10 Å². The van der Waals surface area contributed by atoms with Crippen molar-refractivity contribution in [3.63, 3.8) is 0 Å². The SMILES string of the molecule is c1ccc(-c2cc3c4ccccc4[nH]n3n2)cc1. The smallest absolute Gasteiger partial charge is 0.0950 e. The molecule has 0 fully saturated rings. The van der Waals surface area contributed by atoms with Crippen molar-refractivity contribution in [2.75, 3.05) is 0 Å². The molecule has 2 heterocycles. The lowest BCUT2D eigenvalue weighted by Gasteiger charge is -1.93. The monoisotopic (exact) mass is 233 g/mol. The van der Waals surface area contributed by atoms with Crippen LogP contribution in [0.25, 0.3) is 27.7 Å². The Balaban J connectivity index is 2.00. The summed E-state index contributed by atoms with van der Waals surface area (Å²) >= 11 is 0. The van der Waals surface area contributed by atoms with Crippen LogP contribution in [0, 0.1) is 0 Å². The van der Waals surface area contributed by atoms with Crippen molar-refractivity contribution >= 4 is 16.4 Å². The summed E-state index contributed by atoms with van der Waals surface area (Å²) in [7, 11) is 0. The first kappa shape index (κ1) is 9.48. The Labute approximate surface area is 104 Å². The standard InChI is InChI=1S/C15H11N3/c1-2-6-11(7-3-1)14-10-15-12-8-4-5-9-13(12)16-18(15)17-14/h1-10,16H. The van der Waals surface area contributed by atoms with Crippen LogP contribution in [0.2, 0.25) is 0 Å². The van der Waals surface area contributed by atoms with Gasteiger partial charge in [-0.2, -0.15) is 9.73 Å². The van der Waals surface area contributed by atoms with Gasteiger partial charge in [0.1, 0.15) is 0 Å². The lowest BCUT2D eigenvalue weighted by atomic mass is 10.1. The summed E-state index contributed by atoms with van der Waals surface area (Å²) in [6, 6.07) is 20.6. The van der Waals surface area contributed by atoms with E-state index in [2.05, 4.69) is 40.5 Å². The zero-order valence-corrected chi connectivity index (χ0v) is 9.67. The molecule has 18 heavy (non-hydrogen) atoms. The number of nitrogens with zero attached hydrogens (tertiary/aromatic N) is 2. The van der Waals surface area contributed by atoms with Crippen LogP contribution in [0.3, 0.4) is 0 Å². The van der Waals surface area contributed by atoms with E-state index in [1.807, 2.05) is 35.0 Å². The van der Waals surface area contributed by atoms with Crippen LogP contribution >= 0.6 is 0 Å². The van der Waals surface area contributed by atoms with Gasteiger partial charge in [0, 0.05) is 10.9 Å². The van der Waals surface area contributed by atoms with Gasteiger partial charge in [-0.1, -0.05) is 48.5 Å². The highest BCUT2D eigenvalue weighted by Crippen LogP contribution is 2.24. The number of para-hydroxylation sites is 1. The Kier molecular flexibility index (Phi) is 1.83. The number of benzene rings is 2. The van der Waals surface area contributed by atoms with Crippen molar-refractivity contribution < 1.29 is 0 Å². The second kappa shape index (κ2) is 3.47. The average Bonchev–Trinajstić information content (AvgIpc) is 2.97. The second-order valence-corrected chi connectivity index (χ2v) is 4.35. The highest BCUT2D eigenvalue weighted by Gasteiger charge is 2.08. The molecule has 0 spiro atoms. The Morgan fingerprint density at radius 3 is 2.56 bits per heavy atom. The predicted molar refractivity (Wildman–Crippen MR) is 72.5 cm³/mol. The van der Waals surface area contributed by atoms with Crippen LogP contribution in [0.1, 0.15) is 0 Å². The molecule has 0 atom stereocenters. The molecule has 0 amide bonds. The van der Waals surface area contributed by atoms with Crippen molar-refractivity contribution in [3.8, 4) is 11.3 Å². The average molecular weight is 233 g/mol. The third-order valence-corrected chi connectivity index (χ3v) is 3.21. The topological polar surface area (TPSA) is 33.1 Å². The zero-order valence-electron chi connectivity index (χ0n) is 9.67. The van der Waals surface area contributed by atoms with Gasteiger partial charge in [-0.25, -0.2) is 0 Å². The van der Waals surface area contributed by atoms with Crippen LogP contribution in [0.5, 0.6) is 0 Å². The molecule has 0 aliphatic heterocycles. The fourth-order valence-corrected chi connectivity index (χ4v) is 2.33. The first-order chi connectivity index (χ1) is 8.92. The fraction of sp³-hybridized carbons (Fsp3) is 0. The molecule has 4 aromatic rings. The summed E-state index contributed by atoms with van der Waals surface area (Å²) in [5.74, 6) is 0. The Morgan fingerprint density at radius 1 is 0.889 bits per heavy atom. The minimum absolute atomic E-state index is 0.993. The highest BCUT2D eigenvalue weighted by molar-refractivity contribution is 5.95. The Hall–Kier alpha value is -2.55. The number of rotatable bonds is 1. The van der Waals surface area contributed by atoms with Crippen LogP contribution in [-0.4, -0.2) is 14.8 Å². The summed E-state index contributed by atoms with van der Waals surface area (Å²) in [5.41, 5.74) is 4.36. The third-order valence-electron chi connectivity index (χ3n) is 3.21. The first-order valence-electron chi connectivity index (χ1n) is 5.94. The number of nitrogens with one attached hydrogen (secondary N) is 1. The van der Waals surface area contributed by atoms with Crippen LogP contribution in [0.15, 0.2) is 60.7 Å². The molecule has 0 bridgehead atoms. The normalized spacial score (nSPS) is 11.3. The van der Waals surface area contributed by atoms with E-state index in [1.165, 1.54) is 5.39 Å². The second-order valence-electron chi connectivity index (χ2n) is 4.35. The molecule has 2 aromatic heterocycles. The van der Waals surface area contributed by atoms with Crippen molar-refractivity contribution in [3.05, 3.63) is 60.7 Å². The number of hydrogen-bond acceptors (Lipinski definition) is 1. The molecule has 86 valence electrons. The van der Waals surface area contributed by atoms with Crippen LogP contribution in [-0.2, 0) is 0 Å². The van der Waals surface area contributed by atoms with E-state index >= 15 is 0 Å². The number of fused-ring (bicyclic) bond motifs is 3. The van der Waals surface area contributed by atoms with Gasteiger partial charge in [0.2, 0.25) is 0 Å². The molecular weight excluding hydrogens is 222 g/mol. The highest BCUT2D eigenvalue weighted by atomic mass is 15.4. The van der Waals surface area contributed by atoms with E-state index in [1.54, 1.807) is 0 Å². The number of aromatic amines is 1. The van der Waals surface area contributed by atoms with Gasteiger partial charge in [0.15, 0.2) is 0 Å². The maximum atomic E-state index is 4.58. The van der Waals surface area contributed by atoms with E-state index in [0.717, 1.165) is 22.3 Å². The molecule has 3 nitrogen and oxygen atoms in total. The molecular formula is C15H11N3. The lowest BCUT2D eigenvalue weighted by Crippen LogP contribution is -1.86. The fourth-order valence-electron chi connectivity index (χ4n) is 2.33. The van der Waals surface area contributed by atoms with E-state index in [9.17, 15) is 0 Å². The molecule has 4 rings (SSSR count). The Morgan fingerprint density at radius 2 is 1.67 bits per heavy atom. The van der Waals surface area contributed by atoms with Crippen LogP contribution < -0.4 is 0 Å². The summed E-state index contributed by atoms with van der Waals surface area (Å²) in [5, 5.41) is 9.06. The van der Waals surface area contributed by atoms with Crippen molar-refractivity contribution in [2.24, 2.45) is 0 Å². The molecule has 0 radical (unpaired) electrons. The van der Waals surface area contributed by atoms with E-state index in [4.69, 9.17) is 0 Å². The number of aromatic nitrogens is 3. The van der Waals surface area contributed by atoms with Crippen molar-refractivity contribution in [1.82, 2.24) is 14.8 Å². The summed E-state index contributed by atoms with van der Waals surface area (Å²) in [6.45, 7) is 0. The number of hydrogen-bond donors (Lipinski definition) is 1. The Bertz CT molecular complexity index is 825. The van der Waals surface area contributed by atoms with Gasteiger partial charge in [-0.05, 0) is 12.1 Å². The zero-order chi connectivity index (χ0) is 11.9. The molecule has 0 aliphatic carbocycles.